The molecule has 1 atom stereocenters. The zero-order chi connectivity index (χ0) is 7.49. The van der Waals surface area contributed by atoms with Gasteiger partial charge in [0.2, 0.25) is 0 Å². The van der Waals surface area contributed by atoms with Crippen LogP contribution < -0.4 is 5.73 Å². The first-order chi connectivity index (χ1) is 3.92. The molecular formula is C3H9NO4S. The van der Waals surface area contributed by atoms with Crippen LogP contribution in [-0.2, 0) is 14.6 Å². The number of rotatable bonds is 3. The van der Waals surface area contributed by atoms with Crippen LogP contribution in [0.2, 0.25) is 0 Å². The Kier molecular flexibility index (Phi) is 3.06. The second-order valence-corrected chi connectivity index (χ2v) is 2.78. The molecule has 0 aliphatic carbocycles. The van der Waals surface area contributed by atoms with Crippen LogP contribution in [0.4, 0.5) is 0 Å². The first-order valence-electron chi connectivity index (χ1n) is 2.29. The van der Waals surface area contributed by atoms with E-state index in [1.165, 1.54) is 0 Å². The first-order valence-corrected chi connectivity index (χ1v) is 3.66. The van der Waals surface area contributed by atoms with Gasteiger partial charge >= 0.3 is 10.4 Å². The Balaban J connectivity index is 3.53. The van der Waals surface area contributed by atoms with Gasteiger partial charge in [-0.05, 0) is 6.92 Å². The van der Waals surface area contributed by atoms with Crippen molar-refractivity contribution in [2.45, 2.75) is 13.0 Å². The molecule has 0 fully saturated rings. The summed E-state index contributed by atoms with van der Waals surface area (Å²) in [4.78, 5) is 0. The van der Waals surface area contributed by atoms with Crippen molar-refractivity contribution >= 4 is 10.4 Å². The normalized spacial score (nSPS) is 15.4. The summed E-state index contributed by atoms with van der Waals surface area (Å²) in [5.41, 5.74) is 5.10. The molecule has 0 amide bonds. The lowest BCUT2D eigenvalue weighted by molar-refractivity contribution is 0.255. The van der Waals surface area contributed by atoms with Gasteiger partial charge in [-0.15, -0.1) is 0 Å². The predicted octanol–water partition coefficient (Wildman–Crippen LogP) is -0.847. The van der Waals surface area contributed by atoms with Crippen molar-refractivity contribution < 1.29 is 17.2 Å². The molecule has 0 rings (SSSR count). The summed E-state index contributed by atoms with van der Waals surface area (Å²) < 4.78 is 31.5. The fraction of sp³-hybridized carbons (Fsp3) is 1.00. The van der Waals surface area contributed by atoms with Crippen LogP contribution in [-0.4, -0.2) is 25.6 Å². The molecule has 5 nitrogen and oxygen atoms in total. The van der Waals surface area contributed by atoms with E-state index in [-0.39, 0.29) is 6.61 Å². The molecular weight excluding hydrogens is 146 g/mol. The molecule has 56 valence electrons. The van der Waals surface area contributed by atoms with E-state index in [0.717, 1.165) is 0 Å². The summed E-state index contributed by atoms with van der Waals surface area (Å²) in [6, 6.07) is -0.396. The Hall–Kier alpha value is -0.170. The number of hydrogen-bond donors (Lipinski definition) is 2. The lowest BCUT2D eigenvalue weighted by atomic mass is 10.4. The first kappa shape index (κ1) is 8.83. The molecule has 0 aliphatic heterocycles. The van der Waals surface area contributed by atoms with Crippen molar-refractivity contribution in [3.05, 3.63) is 0 Å². The third kappa shape index (κ3) is 7.83. The summed E-state index contributed by atoms with van der Waals surface area (Å²) in [6.07, 6.45) is 0. The molecule has 0 saturated heterocycles. The van der Waals surface area contributed by atoms with E-state index in [2.05, 4.69) is 4.18 Å². The molecule has 1 unspecified atom stereocenters. The van der Waals surface area contributed by atoms with Gasteiger partial charge in [0.05, 0.1) is 6.61 Å². The van der Waals surface area contributed by atoms with Gasteiger partial charge in [-0.25, -0.2) is 4.18 Å². The SMILES string of the molecule is CC(N)COS(=O)(=O)O. The third-order valence-corrected chi connectivity index (χ3v) is 0.914. The van der Waals surface area contributed by atoms with Crippen LogP contribution in [0.5, 0.6) is 0 Å². The third-order valence-electron chi connectivity index (χ3n) is 0.480. The van der Waals surface area contributed by atoms with Gasteiger partial charge in [-0.1, -0.05) is 0 Å². The second kappa shape index (κ2) is 3.11. The molecule has 0 heterocycles. The summed E-state index contributed by atoms with van der Waals surface area (Å²) >= 11 is 0. The summed E-state index contributed by atoms with van der Waals surface area (Å²) in [5, 5.41) is 0. The van der Waals surface area contributed by atoms with Crippen LogP contribution in [0, 0.1) is 0 Å². The van der Waals surface area contributed by atoms with Gasteiger partial charge in [-0.2, -0.15) is 8.42 Å². The van der Waals surface area contributed by atoms with Gasteiger partial charge in [0, 0.05) is 6.04 Å². The maximum absolute atomic E-state index is 9.81. The Morgan fingerprint density at radius 3 is 2.33 bits per heavy atom. The lowest BCUT2D eigenvalue weighted by Gasteiger charge is -2.01. The quantitative estimate of drug-likeness (QED) is 0.518. The topological polar surface area (TPSA) is 89.6 Å². The van der Waals surface area contributed by atoms with Crippen molar-refractivity contribution in [1.82, 2.24) is 0 Å². The van der Waals surface area contributed by atoms with Gasteiger partial charge in [-0.3, -0.25) is 4.55 Å². The second-order valence-electron chi connectivity index (χ2n) is 1.69. The molecule has 0 radical (unpaired) electrons. The Labute approximate surface area is 53.8 Å². The molecule has 0 spiro atoms. The molecule has 0 saturated carbocycles. The van der Waals surface area contributed by atoms with E-state index in [1.54, 1.807) is 6.92 Å². The maximum atomic E-state index is 9.81. The summed E-state index contributed by atoms with van der Waals surface area (Å²) in [6.45, 7) is 1.37. The molecule has 9 heavy (non-hydrogen) atoms. The van der Waals surface area contributed by atoms with Crippen LogP contribution in [0.25, 0.3) is 0 Å². The fourth-order valence-electron chi connectivity index (χ4n) is 0.193. The average Bonchev–Trinajstić information content (AvgIpc) is 1.59. The van der Waals surface area contributed by atoms with E-state index < -0.39 is 16.4 Å². The highest BCUT2D eigenvalue weighted by Crippen LogP contribution is 1.86. The average molecular weight is 155 g/mol. The highest BCUT2D eigenvalue weighted by Gasteiger charge is 2.04. The molecule has 0 aromatic heterocycles. The maximum Gasteiger partial charge on any atom is 0.397 e. The zero-order valence-corrected chi connectivity index (χ0v) is 5.76. The highest BCUT2D eigenvalue weighted by atomic mass is 32.3. The molecule has 0 aromatic carbocycles. The molecule has 0 aromatic rings. The van der Waals surface area contributed by atoms with Crippen LogP contribution in [0.15, 0.2) is 0 Å². The van der Waals surface area contributed by atoms with Crippen molar-refractivity contribution in [3.63, 3.8) is 0 Å². The van der Waals surface area contributed by atoms with Gasteiger partial charge in [0.1, 0.15) is 0 Å². The highest BCUT2D eigenvalue weighted by molar-refractivity contribution is 7.80. The van der Waals surface area contributed by atoms with Crippen molar-refractivity contribution in [1.29, 1.82) is 0 Å². The smallest absolute Gasteiger partial charge is 0.326 e. The standard InChI is InChI=1S/C3H9NO4S/c1-3(4)2-8-9(5,6)7/h3H,2,4H2,1H3,(H,5,6,7). The van der Waals surface area contributed by atoms with Crippen LogP contribution in [0.3, 0.4) is 0 Å². The Morgan fingerprint density at radius 2 is 2.22 bits per heavy atom. The van der Waals surface area contributed by atoms with Crippen LogP contribution >= 0.6 is 0 Å². The van der Waals surface area contributed by atoms with E-state index in [4.69, 9.17) is 10.3 Å². The molecule has 0 aliphatic rings. The Bertz CT molecular complexity index is 161. The van der Waals surface area contributed by atoms with Crippen molar-refractivity contribution in [2.75, 3.05) is 6.61 Å². The van der Waals surface area contributed by atoms with Gasteiger partial charge in [0.15, 0.2) is 0 Å². The van der Waals surface area contributed by atoms with E-state index >= 15 is 0 Å². The number of hydrogen-bond acceptors (Lipinski definition) is 4. The van der Waals surface area contributed by atoms with E-state index in [1.807, 2.05) is 0 Å². The lowest BCUT2D eigenvalue weighted by Crippen LogP contribution is -2.23. The zero-order valence-electron chi connectivity index (χ0n) is 4.94. The monoisotopic (exact) mass is 155 g/mol. The van der Waals surface area contributed by atoms with Crippen molar-refractivity contribution in [3.8, 4) is 0 Å². The van der Waals surface area contributed by atoms with Gasteiger partial charge < -0.3 is 5.73 Å². The minimum Gasteiger partial charge on any atom is -0.326 e. The largest absolute Gasteiger partial charge is 0.397 e. The number of nitrogens with two attached hydrogens (primary N) is 1. The van der Waals surface area contributed by atoms with E-state index in [0.29, 0.717) is 0 Å². The minimum absolute atomic E-state index is 0.196. The molecule has 0 bridgehead atoms. The van der Waals surface area contributed by atoms with Crippen LogP contribution in [0.1, 0.15) is 6.92 Å². The summed E-state index contributed by atoms with van der Waals surface area (Å²) in [5.74, 6) is 0. The minimum atomic E-state index is -4.30. The molecule has 6 heteroatoms. The van der Waals surface area contributed by atoms with Gasteiger partial charge in [0.25, 0.3) is 0 Å². The van der Waals surface area contributed by atoms with E-state index in [9.17, 15) is 8.42 Å². The fourth-order valence-corrected chi connectivity index (χ4v) is 0.580. The summed E-state index contributed by atoms with van der Waals surface area (Å²) in [7, 11) is -4.30. The predicted molar refractivity (Wildman–Crippen MR) is 31.1 cm³/mol. The van der Waals surface area contributed by atoms with Crippen molar-refractivity contribution in [2.24, 2.45) is 5.73 Å². The molecule has 3 N–H and O–H groups in total. The Morgan fingerprint density at radius 1 is 1.78 bits per heavy atom.